The number of hydrogen-bond donors (Lipinski definition) is 0. The zero-order chi connectivity index (χ0) is 19.4. The van der Waals surface area contributed by atoms with Crippen molar-refractivity contribution in [3.8, 4) is 11.6 Å². The van der Waals surface area contributed by atoms with Gasteiger partial charge in [0.2, 0.25) is 5.88 Å². The van der Waals surface area contributed by atoms with Gasteiger partial charge in [-0.2, -0.15) is 13.2 Å². The van der Waals surface area contributed by atoms with Crippen molar-refractivity contribution in [2.75, 3.05) is 26.2 Å². The van der Waals surface area contributed by atoms with Gasteiger partial charge in [-0.15, -0.1) is 5.10 Å². The lowest BCUT2D eigenvalue weighted by molar-refractivity contribution is -0.137. The van der Waals surface area contributed by atoms with E-state index in [-0.39, 0.29) is 5.69 Å². The van der Waals surface area contributed by atoms with Crippen LogP contribution in [-0.2, 0) is 6.18 Å². The summed E-state index contributed by atoms with van der Waals surface area (Å²) in [5, 5.41) is 5.04. The maximum atomic E-state index is 13.0. The number of pyridine rings is 1. The van der Waals surface area contributed by atoms with E-state index < -0.39 is 11.7 Å². The third-order valence-corrected chi connectivity index (χ3v) is 4.37. The van der Waals surface area contributed by atoms with Crippen molar-refractivity contribution in [3.63, 3.8) is 0 Å². The highest BCUT2D eigenvalue weighted by atomic mass is 19.4. The van der Waals surface area contributed by atoms with Gasteiger partial charge in [0.25, 0.3) is 0 Å². The predicted molar refractivity (Wildman–Crippen MR) is 97.2 cm³/mol. The molecule has 0 aliphatic carbocycles. The number of nitrogens with zero attached hydrogens (tertiary/aromatic N) is 4. The van der Waals surface area contributed by atoms with Gasteiger partial charge in [0, 0.05) is 12.7 Å². The van der Waals surface area contributed by atoms with Crippen molar-refractivity contribution in [2.45, 2.75) is 20.0 Å². The second-order valence-corrected chi connectivity index (χ2v) is 6.01. The van der Waals surface area contributed by atoms with Gasteiger partial charge in [-0.3, -0.25) is 0 Å². The van der Waals surface area contributed by atoms with Crippen LogP contribution in [-0.4, -0.2) is 45.9 Å². The van der Waals surface area contributed by atoms with E-state index in [1.807, 2.05) is 0 Å². The molecule has 0 spiro atoms. The van der Waals surface area contributed by atoms with Gasteiger partial charge in [-0.05, 0) is 43.4 Å². The minimum atomic E-state index is -4.42. The number of halogens is 3. The number of benzene rings is 1. The van der Waals surface area contributed by atoms with Gasteiger partial charge in [-0.1, -0.05) is 19.9 Å². The van der Waals surface area contributed by atoms with E-state index in [0.717, 1.165) is 31.8 Å². The number of fused-ring (bicyclic) bond motifs is 1. The fourth-order valence-electron chi connectivity index (χ4n) is 2.84. The Kier molecular flexibility index (Phi) is 5.65. The number of likely N-dealkylation sites (N-methyl/N-ethyl adjacent to an activating group) is 1. The maximum Gasteiger partial charge on any atom is 0.416 e. The van der Waals surface area contributed by atoms with Crippen molar-refractivity contribution < 1.29 is 17.9 Å². The third kappa shape index (κ3) is 4.21. The summed E-state index contributed by atoms with van der Waals surface area (Å²) in [6, 6.07) is 8.56. The minimum absolute atomic E-state index is 0.284. The Labute approximate surface area is 155 Å². The summed E-state index contributed by atoms with van der Waals surface area (Å²) in [5.74, 6) is 0.364. The van der Waals surface area contributed by atoms with Crippen LogP contribution in [0.25, 0.3) is 16.7 Å². The van der Waals surface area contributed by atoms with Crippen LogP contribution in [0.15, 0.2) is 42.6 Å². The molecule has 0 atom stereocenters. The molecule has 0 amide bonds. The molecule has 3 rings (SSSR count). The van der Waals surface area contributed by atoms with Crippen molar-refractivity contribution >= 4 is 11.0 Å². The second-order valence-electron chi connectivity index (χ2n) is 6.01. The lowest BCUT2D eigenvalue weighted by Crippen LogP contribution is -2.28. The molecule has 3 aromatic rings. The van der Waals surface area contributed by atoms with Crippen molar-refractivity contribution in [1.29, 1.82) is 0 Å². The highest BCUT2D eigenvalue weighted by Gasteiger charge is 2.30. The molecule has 5 nitrogen and oxygen atoms in total. The summed E-state index contributed by atoms with van der Waals surface area (Å²) < 4.78 is 46.3. The Balaban J connectivity index is 1.93. The zero-order valence-electron chi connectivity index (χ0n) is 15.2. The topological polar surface area (TPSA) is 43.2 Å². The quantitative estimate of drug-likeness (QED) is 0.619. The molecule has 0 saturated carbocycles. The summed E-state index contributed by atoms with van der Waals surface area (Å²) in [5.41, 5.74) is 0.00497. The molecule has 0 aliphatic heterocycles. The lowest BCUT2D eigenvalue weighted by Gasteiger charge is -2.17. The molecular formula is C19H21F3N4O. The molecule has 2 heterocycles. The van der Waals surface area contributed by atoms with Gasteiger partial charge in [0.1, 0.15) is 6.61 Å². The van der Waals surface area contributed by atoms with Crippen molar-refractivity contribution in [3.05, 3.63) is 48.2 Å². The second kappa shape index (κ2) is 7.96. The number of aromatic nitrogens is 3. The molecule has 0 aliphatic rings. The average molecular weight is 378 g/mol. The lowest BCUT2D eigenvalue weighted by atomic mass is 10.2. The smallest absolute Gasteiger partial charge is 0.416 e. The SMILES string of the molecule is CCN(CC)CCOc1nn(-c2cccc(C(F)(F)F)c2)c2ncccc12. The molecule has 144 valence electrons. The first-order valence-electron chi connectivity index (χ1n) is 8.80. The van der Waals surface area contributed by atoms with E-state index in [1.54, 1.807) is 24.4 Å². The molecule has 0 N–H and O–H groups in total. The Hall–Kier alpha value is -2.61. The van der Waals surface area contributed by atoms with E-state index >= 15 is 0 Å². The molecule has 1 aromatic carbocycles. The first kappa shape index (κ1) is 19.2. The largest absolute Gasteiger partial charge is 0.475 e. The monoisotopic (exact) mass is 378 g/mol. The standard InChI is InChI=1S/C19H21F3N4O/c1-3-25(4-2)11-12-27-18-16-9-6-10-23-17(16)26(24-18)15-8-5-7-14(13-15)19(20,21)22/h5-10,13H,3-4,11-12H2,1-2H3. The Bertz CT molecular complexity index is 903. The molecule has 2 aromatic heterocycles. The average Bonchev–Trinajstić information content (AvgIpc) is 3.04. The van der Waals surface area contributed by atoms with Crippen LogP contribution >= 0.6 is 0 Å². The van der Waals surface area contributed by atoms with Crippen LogP contribution in [0.1, 0.15) is 19.4 Å². The molecule has 0 saturated heterocycles. The highest BCUT2D eigenvalue weighted by molar-refractivity contribution is 5.82. The van der Waals surface area contributed by atoms with Crippen LogP contribution < -0.4 is 4.74 Å². The molecule has 0 unspecified atom stereocenters. The van der Waals surface area contributed by atoms with E-state index in [9.17, 15) is 13.2 Å². The Morgan fingerprint density at radius 1 is 1.11 bits per heavy atom. The minimum Gasteiger partial charge on any atom is -0.475 e. The summed E-state index contributed by atoms with van der Waals surface area (Å²) in [7, 11) is 0. The normalized spacial score (nSPS) is 12.1. The molecule has 0 bridgehead atoms. The van der Waals surface area contributed by atoms with Gasteiger partial charge < -0.3 is 9.64 Å². The summed E-state index contributed by atoms with van der Waals surface area (Å²) in [6.07, 6.45) is -2.84. The van der Waals surface area contributed by atoms with Crippen LogP contribution in [0.4, 0.5) is 13.2 Å². The highest BCUT2D eigenvalue weighted by Crippen LogP contribution is 2.32. The number of hydrogen-bond acceptors (Lipinski definition) is 4. The molecular weight excluding hydrogens is 357 g/mol. The van der Waals surface area contributed by atoms with E-state index in [1.165, 1.54) is 10.7 Å². The number of rotatable bonds is 7. The van der Waals surface area contributed by atoms with Gasteiger partial charge in [0.05, 0.1) is 16.6 Å². The molecule has 8 heteroatoms. The Morgan fingerprint density at radius 2 is 1.89 bits per heavy atom. The number of ether oxygens (including phenoxy) is 1. The van der Waals surface area contributed by atoms with Gasteiger partial charge >= 0.3 is 6.18 Å². The summed E-state index contributed by atoms with van der Waals surface area (Å²) in [6.45, 7) is 7.16. The van der Waals surface area contributed by atoms with Gasteiger partial charge in [0.15, 0.2) is 5.65 Å². The van der Waals surface area contributed by atoms with Crippen LogP contribution in [0, 0.1) is 0 Å². The van der Waals surface area contributed by atoms with Crippen LogP contribution in [0.2, 0.25) is 0 Å². The van der Waals surface area contributed by atoms with Crippen molar-refractivity contribution in [1.82, 2.24) is 19.7 Å². The van der Waals surface area contributed by atoms with E-state index in [2.05, 4.69) is 28.8 Å². The first-order chi connectivity index (χ1) is 12.9. The van der Waals surface area contributed by atoms with Crippen LogP contribution in [0.3, 0.4) is 0 Å². The summed E-state index contributed by atoms with van der Waals surface area (Å²) >= 11 is 0. The molecule has 0 fully saturated rings. The molecule has 27 heavy (non-hydrogen) atoms. The number of alkyl halides is 3. The predicted octanol–water partition coefficient (Wildman–Crippen LogP) is 4.16. The van der Waals surface area contributed by atoms with E-state index in [4.69, 9.17) is 4.74 Å². The molecule has 0 radical (unpaired) electrons. The third-order valence-electron chi connectivity index (χ3n) is 4.37. The fraction of sp³-hybridized carbons (Fsp3) is 0.368. The van der Waals surface area contributed by atoms with Gasteiger partial charge in [-0.25, -0.2) is 9.67 Å². The van der Waals surface area contributed by atoms with E-state index in [0.29, 0.717) is 23.5 Å². The van der Waals surface area contributed by atoms with Crippen molar-refractivity contribution in [2.24, 2.45) is 0 Å². The van der Waals surface area contributed by atoms with Crippen LogP contribution in [0.5, 0.6) is 5.88 Å². The summed E-state index contributed by atoms with van der Waals surface area (Å²) in [4.78, 5) is 6.49. The first-order valence-corrected chi connectivity index (χ1v) is 8.80. The maximum absolute atomic E-state index is 13.0. The Morgan fingerprint density at radius 3 is 2.59 bits per heavy atom. The zero-order valence-corrected chi connectivity index (χ0v) is 15.2. The fourth-order valence-corrected chi connectivity index (χ4v) is 2.84.